The summed E-state index contributed by atoms with van der Waals surface area (Å²) in [6.07, 6.45) is 3.05. The summed E-state index contributed by atoms with van der Waals surface area (Å²) in [6, 6.07) is 16.0. The first-order chi connectivity index (χ1) is 12.1. The van der Waals surface area contributed by atoms with Crippen molar-refractivity contribution in [2.75, 3.05) is 11.9 Å². The first kappa shape index (κ1) is 18.2. The summed E-state index contributed by atoms with van der Waals surface area (Å²) in [7, 11) is 0. The van der Waals surface area contributed by atoms with Gasteiger partial charge in [-0.05, 0) is 35.4 Å². The lowest BCUT2D eigenvalue weighted by Crippen LogP contribution is -2.20. The average Bonchev–Trinajstić information content (AvgIpc) is 2.61. The number of nitrogens with zero attached hydrogens (tertiary/aromatic N) is 1. The molecule has 2 rings (SSSR count). The van der Waals surface area contributed by atoms with Crippen molar-refractivity contribution in [2.45, 2.75) is 6.42 Å². The highest BCUT2D eigenvalue weighted by Crippen LogP contribution is 2.16. The summed E-state index contributed by atoms with van der Waals surface area (Å²) in [5.41, 5.74) is 2.11. The minimum atomic E-state index is -0.639. The Hall–Kier alpha value is -3.10. The number of esters is 1. The van der Waals surface area contributed by atoms with Gasteiger partial charge in [-0.3, -0.25) is 4.79 Å². The van der Waals surface area contributed by atoms with Crippen LogP contribution in [0.25, 0.3) is 6.08 Å². The third-order valence-corrected chi connectivity index (χ3v) is 3.51. The van der Waals surface area contributed by atoms with Crippen molar-refractivity contribution in [2.24, 2.45) is 0 Å². The zero-order valence-corrected chi connectivity index (χ0v) is 14.0. The van der Waals surface area contributed by atoms with Crippen LogP contribution < -0.4 is 5.32 Å². The molecule has 2 aromatic carbocycles. The standard InChI is InChI=1S/C19H15ClN2O3/c20-17-4-2-1-3-15(17)7-10-19(24)25-13-18(23)22-16-8-5-14(6-9-16)11-12-21/h1-10H,11,13H2,(H,22,23)/b10-7+. The number of hydrogen-bond acceptors (Lipinski definition) is 4. The number of carbonyl (C=O) groups is 2. The summed E-state index contributed by atoms with van der Waals surface area (Å²) in [5, 5.41) is 11.7. The first-order valence-electron chi connectivity index (χ1n) is 7.43. The first-order valence-corrected chi connectivity index (χ1v) is 7.81. The third kappa shape index (κ3) is 6.13. The monoisotopic (exact) mass is 354 g/mol. The molecule has 126 valence electrons. The van der Waals surface area contributed by atoms with Crippen LogP contribution in [0.4, 0.5) is 5.69 Å². The molecule has 0 atom stereocenters. The minimum absolute atomic E-state index is 0.309. The fourth-order valence-electron chi connectivity index (χ4n) is 1.95. The summed E-state index contributed by atoms with van der Waals surface area (Å²) >= 11 is 5.97. The molecule has 0 fully saturated rings. The zero-order valence-electron chi connectivity index (χ0n) is 13.2. The van der Waals surface area contributed by atoms with Crippen molar-refractivity contribution in [3.8, 4) is 6.07 Å². The number of ether oxygens (including phenoxy) is 1. The van der Waals surface area contributed by atoms with Crippen molar-refractivity contribution in [3.63, 3.8) is 0 Å². The SMILES string of the molecule is N#CCc1ccc(NC(=O)COC(=O)/C=C/c2ccccc2Cl)cc1. The molecule has 6 heteroatoms. The Kier molecular flexibility index (Phi) is 6.76. The van der Waals surface area contributed by atoms with E-state index < -0.39 is 18.5 Å². The van der Waals surface area contributed by atoms with Gasteiger partial charge in [0.15, 0.2) is 6.61 Å². The van der Waals surface area contributed by atoms with Gasteiger partial charge in [0, 0.05) is 16.8 Å². The molecule has 0 spiro atoms. The van der Waals surface area contributed by atoms with E-state index in [4.69, 9.17) is 21.6 Å². The van der Waals surface area contributed by atoms with Gasteiger partial charge in [0.1, 0.15) is 0 Å². The fraction of sp³-hybridized carbons (Fsp3) is 0.105. The van der Waals surface area contributed by atoms with Crippen molar-refractivity contribution < 1.29 is 14.3 Å². The van der Waals surface area contributed by atoms with Crippen LogP contribution in [0.1, 0.15) is 11.1 Å². The smallest absolute Gasteiger partial charge is 0.331 e. The highest BCUT2D eigenvalue weighted by molar-refractivity contribution is 6.32. The van der Waals surface area contributed by atoms with Crippen LogP contribution in [0, 0.1) is 11.3 Å². The summed E-state index contributed by atoms with van der Waals surface area (Å²) in [6.45, 7) is -0.397. The van der Waals surface area contributed by atoms with E-state index in [0.29, 0.717) is 22.7 Å². The predicted octanol–water partition coefficient (Wildman–Crippen LogP) is 3.60. The molecule has 25 heavy (non-hydrogen) atoms. The Morgan fingerprint density at radius 3 is 2.56 bits per heavy atom. The fourth-order valence-corrected chi connectivity index (χ4v) is 2.15. The lowest BCUT2D eigenvalue weighted by Gasteiger charge is -2.06. The normalized spacial score (nSPS) is 10.2. The Labute approximate surface area is 150 Å². The van der Waals surface area contributed by atoms with Crippen LogP contribution in [-0.2, 0) is 20.7 Å². The van der Waals surface area contributed by atoms with Gasteiger partial charge in [-0.25, -0.2) is 4.79 Å². The van der Waals surface area contributed by atoms with E-state index >= 15 is 0 Å². The highest BCUT2D eigenvalue weighted by Gasteiger charge is 2.06. The maximum absolute atomic E-state index is 11.8. The zero-order chi connectivity index (χ0) is 18.1. The molecule has 2 aromatic rings. The second-order valence-electron chi connectivity index (χ2n) is 5.04. The van der Waals surface area contributed by atoms with Gasteiger partial charge in [-0.2, -0.15) is 5.26 Å². The van der Waals surface area contributed by atoms with Crippen molar-refractivity contribution in [1.29, 1.82) is 5.26 Å². The summed E-state index contributed by atoms with van der Waals surface area (Å²) < 4.78 is 4.88. The van der Waals surface area contributed by atoms with Crippen LogP contribution >= 0.6 is 11.6 Å². The number of halogens is 1. The molecule has 0 aliphatic rings. The molecule has 0 radical (unpaired) electrons. The highest BCUT2D eigenvalue weighted by atomic mass is 35.5. The van der Waals surface area contributed by atoms with Crippen LogP contribution in [0.5, 0.6) is 0 Å². The van der Waals surface area contributed by atoms with Crippen LogP contribution in [-0.4, -0.2) is 18.5 Å². The third-order valence-electron chi connectivity index (χ3n) is 3.17. The largest absolute Gasteiger partial charge is 0.452 e. The van der Waals surface area contributed by atoms with E-state index in [1.54, 1.807) is 48.5 Å². The van der Waals surface area contributed by atoms with Crippen molar-refractivity contribution in [1.82, 2.24) is 0 Å². The number of carbonyl (C=O) groups excluding carboxylic acids is 2. The molecule has 1 N–H and O–H groups in total. The molecule has 1 amide bonds. The number of hydrogen-bond donors (Lipinski definition) is 1. The molecule has 0 aliphatic heterocycles. The lowest BCUT2D eigenvalue weighted by atomic mass is 10.1. The van der Waals surface area contributed by atoms with Gasteiger partial charge in [-0.15, -0.1) is 0 Å². The van der Waals surface area contributed by atoms with E-state index in [0.717, 1.165) is 5.56 Å². The van der Waals surface area contributed by atoms with E-state index in [2.05, 4.69) is 5.32 Å². The molecule has 5 nitrogen and oxygen atoms in total. The van der Waals surface area contributed by atoms with Gasteiger partial charge in [0.05, 0.1) is 12.5 Å². The molecular weight excluding hydrogens is 340 g/mol. The van der Waals surface area contributed by atoms with Gasteiger partial charge >= 0.3 is 5.97 Å². The van der Waals surface area contributed by atoms with E-state index in [1.807, 2.05) is 6.07 Å². The predicted molar refractivity (Wildman–Crippen MR) is 95.8 cm³/mol. The van der Waals surface area contributed by atoms with Crippen molar-refractivity contribution in [3.05, 3.63) is 70.8 Å². The van der Waals surface area contributed by atoms with E-state index in [-0.39, 0.29) is 0 Å². The minimum Gasteiger partial charge on any atom is -0.452 e. The summed E-state index contributed by atoms with van der Waals surface area (Å²) in [5.74, 6) is -1.09. The topological polar surface area (TPSA) is 79.2 Å². The van der Waals surface area contributed by atoms with E-state index in [9.17, 15) is 9.59 Å². The molecule has 0 saturated carbocycles. The maximum atomic E-state index is 11.8. The molecule has 0 aromatic heterocycles. The second kappa shape index (κ2) is 9.26. The molecule has 0 aliphatic carbocycles. The van der Waals surface area contributed by atoms with Crippen molar-refractivity contribution >= 4 is 35.2 Å². The Balaban J connectivity index is 1.80. The lowest BCUT2D eigenvalue weighted by molar-refractivity contribution is -0.142. The number of benzene rings is 2. The molecular formula is C19H15ClN2O3. The molecule has 0 saturated heterocycles. The number of nitriles is 1. The Bertz CT molecular complexity index is 823. The number of rotatable bonds is 6. The number of anilines is 1. The Morgan fingerprint density at radius 1 is 1.16 bits per heavy atom. The average molecular weight is 355 g/mol. The van der Waals surface area contributed by atoms with E-state index in [1.165, 1.54) is 12.2 Å². The molecule has 0 unspecified atom stereocenters. The van der Waals surface area contributed by atoms with Gasteiger partial charge < -0.3 is 10.1 Å². The molecule has 0 bridgehead atoms. The maximum Gasteiger partial charge on any atom is 0.331 e. The Morgan fingerprint density at radius 2 is 1.88 bits per heavy atom. The quantitative estimate of drug-likeness (QED) is 0.635. The van der Waals surface area contributed by atoms with Crippen LogP contribution in [0.3, 0.4) is 0 Å². The van der Waals surface area contributed by atoms with Gasteiger partial charge in [0.2, 0.25) is 0 Å². The van der Waals surface area contributed by atoms with Gasteiger partial charge in [0.25, 0.3) is 5.91 Å². The summed E-state index contributed by atoms with van der Waals surface area (Å²) in [4.78, 5) is 23.4. The molecule has 0 heterocycles. The second-order valence-corrected chi connectivity index (χ2v) is 5.45. The number of amides is 1. The van der Waals surface area contributed by atoms with Crippen LogP contribution in [0.2, 0.25) is 5.02 Å². The number of nitrogens with one attached hydrogen (secondary N) is 1. The van der Waals surface area contributed by atoms with Crippen LogP contribution in [0.15, 0.2) is 54.6 Å². The van der Waals surface area contributed by atoms with Gasteiger partial charge in [-0.1, -0.05) is 41.9 Å².